The Hall–Kier alpha value is -1.97. The Morgan fingerprint density at radius 1 is 1.27 bits per heavy atom. The number of nitrogens with zero attached hydrogens (tertiary/aromatic N) is 1. The van der Waals surface area contributed by atoms with Crippen LogP contribution in [-0.2, 0) is 14.8 Å². The number of rotatable bonds is 5. The Bertz CT molecular complexity index is 928. The first-order valence-corrected chi connectivity index (χ1v) is 10.2. The van der Waals surface area contributed by atoms with Crippen molar-refractivity contribution in [3.8, 4) is 16.2 Å². The van der Waals surface area contributed by atoms with Gasteiger partial charge in [0.25, 0.3) is 0 Å². The maximum Gasteiger partial charge on any atom is 0.244 e. The van der Waals surface area contributed by atoms with E-state index < -0.39 is 15.4 Å². The monoisotopic (exact) mass is 397 g/mol. The van der Waals surface area contributed by atoms with Gasteiger partial charge >= 0.3 is 0 Å². The molecule has 0 aliphatic carbocycles. The number of anilines is 1. The van der Waals surface area contributed by atoms with E-state index >= 15 is 0 Å². The van der Waals surface area contributed by atoms with E-state index in [1.54, 1.807) is 18.2 Å². The summed E-state index contributed by atoms with van der Waals surface area (Å²) in [7, 11) is -0.911. The number of methoxy groups -OCH3 is 1. The predicted molar refractivity (Wildman–Crippen MR) is 103 cm³/mol. The second-order valence-electron chi connectivity index (χ2n) is 6.71. The summed E-state index contributed by atoms with van der Waals surface area (Å²) in [4.78, 5) is 17.4. The van der Waals surface area contributed by atoms with Gasteiger partial charge in [-0.15, -0.1) is 0 Å². The molecule has 2 rings (SSSR count). The summed E-state index contributed by atoms with van der Waals surface area (Å²) < 4.78 is 32.0. The molecule has 0 unspecified atom stereocenters. The second kappa shape index (κ2) is 7.34. The van der Waals surface area contributed by atoms with Crippen LogP contribution in [0.25, 0.3) is 10.4 Å². The Morgan fingerprint density at radius 3 is 2.46 bits per heavy atom. The van der Waals surface area contributed by atoms with Crippen molar-refractivity contribution >= 4 is 32.4 Å². The van der Waals surface area contributed by atoms with E-state index in [1.165, 1.54) is 25.5 Å². The van der Waals surface area contributed by atoms with Crippen LogP contribution in [0.5, 0.6) is 5.75 Å². The molecular weight excluding hydrogens is 374 g/mol. The molecule has 26 heavy (non-hydrogen) atoms. The number of hydrogen-bond donors (Lipinski definition) is 2. The Morgan fingerprint density at radius 2 is 1.92 bits per heavy atom. The first kappa shape index (κ1) is 20.3. The molecule has 142 valence electrons. The van der Waals surface area contributed by atoms with Gasteiger partial charge in [0.2, 0.25) is 15.9 Å². The van der Waals surface area contributed by atoms with Gasteiger partial charge in [-0.3, -0.25) is 4.79 Å². The van der Waals surface area contributed by atoms with Crippen LogP contribution in [0.1, 0.15) is 26.5 Å². The lowest BCUT2D eigenvalue weighted by atomic mass is 9.96. The van der Waals surface area contributed by atoms with Crippen LogP contribution in [0.2, 0.25) is 0 Å². The number of ether oxygens (including phenoxy) is 1. The van der Waals surface area contributed by atoms with Crippen LogP contribution in [0.15, 0.2) is 23.1 Å². The lowest BCUT2D eigenvalue weighted by molar-refractivity contribution is -0.123. The predicted octanol–water partition coefficient (Wildman–Crippen LogP) is 3.02. The summed E-state index contributed by atoms with van der Waals surface area (Å²) in [6, 6.07) is 4.91. The van der Waals surface area contributed by atoms with Crippen molar-refractivity contribution in [2.75, 3.05) is 19.5 Å². The molecule has 2 N–H and O–H groups in total. The minimum absolute atomic E-state index is 0.0491. The zero-order chi connectivity index (χ0) is 19.7. The van der Waals surface area contributed by atoms with Crippen molar-refractivity contribution in [1.29, 1.82) is 0 Å². The topological polar surface area (TPSA) is 97.4 Å². The normalized spacial score (nSPS) is 12.1. The Balaban J connectivity index is 2.47. The van der Waals surface area contributed by atoms with Gasteiger partial charge in [0.15, 0.2) is 5.13 Å². The van der Waals surface area contributed by atoms with Crippen molar-refractivity contribution < 1.29 is 17.9 Å². The molecule has 9 heteroatoms. The molecule has 0 atom stereocenters. The van der Waals surface area contributed by atoms with E-state index in [4.69, 9.17) is 4.74 Å². The number of aryl methyl sites for hydroxylation is 1. The van der Waals surface area contributed by atoms with Gasteiger partial charge in [-0.2, -0.15) is 0 Å². The number of amides is 1. The minimum atomic E-state index is -3.68. The fraction of sp³-hybridized carbons (Fsp3) is 0.412. The summed E-state index contributed by atoms with van der Waals surface area (Å²) in [6.45, 7) is 7.28. The quantitative estimate of drug-likeness (QED) is 0.808. The van der Waals surface area contributed by atoms with Crippen molar-refractivity contribution in [2.24, 2.45) is 5.41 Å². The number of carbonyl (C=O) groups is 1. The first-order chi connectivity index (χ1) is 12.0. The number of sulfonamides is 1. The van der Waals surface area contributed by atoms with Crippen LogP contribution in [0.3, 0.4) is 0 Å². The van der Waals surface area contributed by atoms with Crippen LogP contribution < -0.4 is 14.8 Å². The maximum atomic E-state index is 12.2. The summed E-state index contributed by atoms with van der Waals surface area (Å²) in [5, 5.41) is 3.28. The molecule has 1 aromatic carbocycles. The highest BCUT2D eigenvalue weighted by molar-refractivity contribution is 7.89. The molecule has 0 fully saturated rings. The second-order valence-corrected chi connectivity index (χ2v) is 9.56. The van der Waals surface area contributed by atoms with Gasteiger partial charge in [0, 0.05) is 5.41 Å². The number of benzene rings is 1. The fourth-order valence-electron chi connectivity index (χ4n) is 2.14. The van der Waals surface area contributed by atoms with Crippen LogP contribution >= 0.6 is 11.3 Å². The molecular formula is C17H23N3O4S2. The molecule has 1 aromatic heterocycles. The SMILES string of the molecule is CNS(=O)(=O)c1cc(-c2sc(NC(=O)C(C)(C)C)nc2C)ccc1OC. The van der Waals surface area contributed by atoms with Crippen molar-refractivity contribution in [3.63, 3.8) is 0 Å². The highest BCUT2D eigenvalue weighted by Crippen LogP contribution is 2.36. The summed E-state index contributed by atoms with van der Waals surface area (Å²) in [6.07, 6.45) is 0. The third-order valence-corrected chi connectivity index (χ3v) is 6.24. The summed E-state index contributed by atoms with van der Waals surface area (Å²) >= 11 is 1.30. The van der Waals surface area contributed by atoms with Crippen LogP contribution in [0.4, 0.5) is 5.13 Å². The zero-order valence-electron chi connectivity index (χ0n) is 15.6. The molecule has 0 bridgehead atoms. The number of carbonyl (C=O) groups excluding carboxylic acids is 1. The standard InChI is InChI=1S/C17H23N3O4S2/c1-10-14(25-16(19-10)20-15(21)17(2,3)4)11-7-8-12(24-6)13(9-11)26(22,23)18-5/h7-9,18H,1-6H3,(H,19,20,21). The minimum Gasteiger partial charge on any atom is -0.495 e. The molecule has 0 spiro atoms. The molecule has 0 aliphatic rings. The van der Waals surface area contributed by atoms with Crippen LogP contribution in [0, 0.1) is 12.3 Å². The first-order valence-electron chi connectivity index (χ1n) is 7.90. The third kappa shape index (κ3) is 4.22. The van der Waals surface area contributed by atoms with E-state index in [2.05, 4.69) is 15.0 Å². The molecule has 0 aliphatic heterocycles. The molecule has 0 radical (unpaired) electrons. The van der Waals surface area contributed by atoms with E-state index in [0.717, 1.165) is 4.88 Å². The fourth-order valence-corrected chi connectivity index (χ4v) is 4.02. The van der Waals surface area contributed by atoms with E-state index in [0.29, 0.717) is 16.4 Å². The number of aromatic nitrogens is 1. The molecule has 1 heterocycles. The zero-order valence-corrected chi connectivity index (χ0v) is 17.3. The third-order valence-electron chi connectivity index (χ3n) is 3.68. The molecule has 2 aromatic rings. The van der Waals surface area contributed by atoms with Crippen molar-refractivity contribution in [2.45, 2.75) is 32.6 Å². The van der Waals surface area contributed by atoms with Crippen molar-refractivity contribution in [1.82, 2.24) is 9.71 Å². The van der Waals surface area contributed by atoms with Crippen LogP contribution in [-0.4, -0.2) is 33.5 Å². The van der Waals surface area contributed by atoms with Gasteiger partial charge in [0.05, 0.1) is 17.7 Å². The van der Waals surface area contributed by atoms with E-state index in [1.807, 2.05) is 27.7 Å². The maximum absolute atomic E-state index is 12.2. The average molecular weight is 398 g/mol. The van der Waals surface area contributed by atoms with E-state index in [9.17, 15) is 13.2 Å². The van der Waals surface area contributed by atoms with Gasteiger partial charge in [-0.1, -0.05) is 32.1 Å². The molecule has 0 saturated carbocycles. The van der Waals surface area contributed by atoms with Crippen molar-refractivity contribution in [3.05, 3.63) is 23.9 Å². The summed E-state index contributed by atoms with van der Waals surface area (Å²) in [5.41, 5.74) is 0.858. The number of thiazole rings is 1. The number of nitrogens with one attached hydrogen (secondary N) is 2. The lowest BCUT2D eigenvalue weighted by Gasteiger charge is -2.15. The van der Waals surface area contributed by atoms with Gasteiger partial charge in [-0.05, 0) is 37.7 Å². The molecule has 1 amide bonds. The largest absolute Gasteiger partial charge is 0.495 e. The number of hydrogen-bond acceptors (Lipinski definition) is 6. The summed E-state index contributed by atoms with van der Waals surface area (Å²) in [5.74, 6) is 0.123. The van der Waals surface area contributed by atoms with Gasteiger partial charge in [0.1, 0.15) is 10.6 Å². The highest BCUT2D eigenvalue weighted by Gasteiger charge is 2.24. The smallest absolute Gasteiger partial charge is 0.244 e. The Labute approximate surface area is 157 Å². The molecule has 0 saturated heterocycles. The van der Waals surface area contributed by atoms with E-state index in [-0.39, 0.29) is 16.6 Å². The van der Waals surface area contributed by atoms with Gasteiger partial charge < -0.3 is 10.1 Å². The lowest BCUT2D eigenvalue weighted by Crippen LogP contribution is -2.27. The molecule has 7 nitrogen and oxygen atoms in total. The average Bonchev–Trinajstić information content (AvgIpc) is 2.93. The Kier molecular flexibility index (Phi) is 5.74. The highest BCUT2D eigenvalue weighted by atomic mass is 32.2. The van der Waals surface area contributed by atoms with Gasteiger partial charge in [-0.25, -0.2) is 18.1 Å².